The van der Waals surface area contributed by atoms with Gasteiger partial charge in [-0.2, -0.15) is 0 Å². The van der Waals surface area contributed by atoms with E-state index in [9.17, 15) is 14.4 Å². The molecule has 4 aliphatic rings. The van der Waals surface area contributed by atoms with Crippen LogP contribution in [0, 0.1) is 28.6 Å². The molecule has 0 amide bonds. The number of hydrogen-bond donors (Lipinski definition) is 0. The highest BCUT2D eigenvalue weighted by molar-refractivity contribution is 6.32. The quantitative estimate of drug-likeness (QED) is 0.637. The Balaban J connectivity index is 1.80. The van der Waals surface area contributed by atoms with E-state index in [1.807, 2.05) is 6.08 Å². The minimum absolute atomic E-state index is 0.0237. The molecule has 150 valence electrons. The number of Topliss-reactive ketones (excluding diaryl/α,β-unsaturated/α-hetero) is 1. The Morgan fingerprint density at radius 1 is 1.14 bits per heavy atom. The second-order valence-electron chi connectivity index (χ2n) is 9.35. The number of esters is 1. The van der Waals surface area contributed by atoms with Crippen LogP contribution < -0.4 is 0 Å². The SMILES string of the molecule is CC(=O)O[C@]1(C(C)=O)CCC2C3C=C(Cl)C4=CC(=O)C=C[C@]4(C)C3CCC21C. The molecule has 2 saturated carbocycles. The summed E-state index contributed by atoms with van der Waals surface area (Å²) in [4.78, 5) is 36.5. The van der Waals surface area contributed by atoms with E-state index >= 15 is 0 Å². The predicted molar refractivity (Wildman–Crippen MR) is 106 cm³/mol. The van der Waals surface area contributed by atoms with Crippen molar-refractivity contribution in [2.24, 2.45) is 28.6 Å². The molecule has 6 atom stereocenters. The Morgan fingerprint density at radius 2 is 1.82 bits per heavy atom. The van der Waals surface area contributed by atoms with Crippen LogP contribution in [0.5, 0.6) is 0 Å². The minimum atomic E-state index is -1.05. The van der Waals surface area contributed by atoms with Gasteiger partial charge in [0.25, 0.3) is 0 Å². The van der Waals surface area contributed by atoms with Gasteiger partial charge in [-0.25, -0.2) is 0 Å². The summed E-state index contributed by atoms with van der Waals surface area (Å²) in [5.74, 6) is 0.207. The summed E-state index contributed by atoms with van der Waals surface area (Å²) < 4.78 is 5.77. The predicted octanol–water partition coefficient (Wildman–Crippen LogP) is 4.53. The number of allylic oxidation sites excluding steroid dienone is 6. The average Bonchev–Trinajstić information content (AvgIpc) is 2.90. The van der Waals surface area contributed by atoms with Gasteiger partial charge in [0, 0.05) is 22.8 Å². The maximum absolute atomic E-state index is 12.7. The fourth-order valence-electron chi connectivity index (χ4n) is 6.79. The molecule has 0 spiro atoms. The van der Waals surface area contributed by atoms with E-state index in [1.165, 1.54) is 6.92 Å². The molecule has 5 heteroatoms. The zero-order valence-electron chi connectivity index (χ0n) is 16.9. The molecule has 0 bridgehead atoms. The average molecular weight is 403 g/mol. The highest BCUT2D eigenvalue weighted by Gasteiger charge is 2.67. The fraction of sp³-hybridized carbons (Fsp3) is 0.609. The van der Waals surface area contributed by atoms with Gasteiger partial charge in [0.2, 0.25) is 0 Å². The zero-order chi connectivity index (χ0) is 20.5. The highest BCUT2D eigenvalue weighted by Crippen LogP contribution is 2.67. The van der Waals surface area contributed by atoms with Crippen LogP contribution in [0.25, 0.3) is 0 Å². The van der Waals surface area contributed by atoms with Gasteiger partial charge in [-0.15, -0.1) is 0 Å². The third-order valence-electron chi connectivity index (χ3n) is 8.17. The van der Waals surface area contributed by atoms with Crippen molar-refractivity contribution in [1.29, 1.82) is 0 Å². The first kappa shape index (κ1) is 19.6. The van der Waals surface area contributed by atoms with Crippen LogP contribution in [-0.2, 0) is 19.1 Å². The second kappa shape index (κ2) is 6.16. The van der Waals surface area contributed by atoms with Crippen LogP contribution >= 0.6 is 11.6 Å². The number of rotatable bonds is 2. The lowest BCUT2D eigenvalue weighted by molar-refractivity contribution is -0.184. The molecule has 0 aromatic heterocycles. The monoisotopic (exact) mass is 402 g/mol. The number of ketones is 2. The van der Waals surface area contributed by atoms with E-state index in [0.29, 0.717) is 17.4 Å². The first-order valence-corrected chi connectivity index (χ1v) is 10.5. The van der Waals surface area contributed by atoms with Crippen molar-refractivity contribution in [3.63, 3.8) is 0 Å². The smallest absolute Gasteiger partial charge is 0.303 e. The molecule has 0 aromatic rings. The van der Waals surface area contributed by atoms with Crippen LogP contribution in [0.1, 0.15) is 53.4 Å². The Morgan fingerprint density at radius 3 is 2.46 bits per heavy atom. The minimum Gasteiger partial charge on any atom is -0.451 e. The Labute approximate surface area is 171 Å². The first-order valence-electron chi connectivity index (χ1n) is 10.1. The molecule has 4 unspecified atom stereocenters. The molecule has 0 radical (unpaired) electrons. The molecule has 0 N–H and O–H groups in total. The third-order valence-corrected chi connectivity index (χ3v) is 8.50. The van der Waals surface area contributed by atoms with Crippen molar-refractivity contribution in [2.45, 2.75) is 59.0 Å². The number of carbonyl (C=O) groups is 3. The first-order chi connectivity index (χ1) is 13.0. The molecule has 4 rings (SSSR count). The molecule has 0 saturated heterocycles. The lowest BCUT2D eigenvalue weighted by atomic mass is 9.48. The maximum atomic E-state index is 12.7. The van der Waals surface area contributed by atoms with Crippen LogP contribution in [0.4, 0.5) is 0 Å². The van der Waals surface area contributed by atoms with Crippen molar-refractivity contribution < 1.29 is 19.1 Å². The largest absolute Gasteiger partial charge is 0.451 e. The lowest BCUT2D eigenvalue weighted by Gasteiger charge is -2.56. The van der Waals surface area contributed by atoms with E-state index < -0.39 is 17.0 Å². The van der Waals surface area contributed by atoms with Crippen molar-refractivity contribution in [3.05, 3.63) is 34.9 Å². The molecule has 0 aliphatic heterocycles. The molecule has 4 aliphatic carbocycles. The number of ether oxygens (including phenoxy) is 1. The van der Waals surface area contributed by atoms with Gasteiger partial charge in [-0.3, -0.25) is 14.4 Å². The zero-order valence-corrected chi connectivity index (χ0v) is 17.6. The normalized spacial score (nSPS) is 44.0. The van der Waals surface area contributed by atoms with Gasteiger partial charge in [-0.05, 0) is 68.1 Å². The van der Waals surface area contributed by atoms with Gasteiger partial charge in [0.05, 0.1) is 0 Å². The van der Waals surface area contributed by atoms with E-state index in [1.54, 1.807) is 19.1 Å². The fourth-order valence-corrected chi connectivity index (χ4v) is 7.19. The van der Waals surface area contributed by atoms with Gasteiger partial charge < -0.3 is 4.74 Å². The summed E-state index contributed by atoms with van der Waals surface area (Å²) >= 11 is 6.67. The van der Waals surface area contributed by atoms with E-state index in [0.717, 1.165) is 24.8 Å². The summed E-state index contributed by atoms with van der Waals surface area (Å²) in [6, 6.07) is 0. The standard InChI is InChI=1S/C23H27ClO4/c1-13(25)23(28-14(2)26)10-7-18-16-12-20(24)19-11-15(27)5-8-21(19,3)17(16)6-9-22(18,23)4/h5,8,11-12,16-18H,6-7,9-10H2,1-4H3/t16?,17?,18?,21-,22?,23+/m1/s1. The summed E-state index contributed by atoms with van der Waals surface area (Å²) in [6.45, 7) is 7.20. The van der Waals surface area contributed by atoms with E-state index in [2.05, 4.69) is 19.9 Å². The number of hydrogen-bond acceptors (Lipinski definition) is 4. The van der Waals surface area contributed by atoms with E-state index in [-0.39, 0.29) is 28.8 Å². The van der Waals surface area contributed by atoms with E-state index in [4.69, 9.17) is 16.3 Å². The number of carbonyl (C=O) groups excluding carboxylic acids is 3. The van der Waals surface area contributed by atoms with Crippen molar-refractivity contribution in [3.8, 4) is 0 Å². The number of halogens is 1. The van der Waals surface area contributed by atoms with Gasteiger partial charge in [-0.1, -0.05) is 37.6 Å². The highest BCUT2D eigenvalue weighted by atomic mass is 35.5. The van der Waals surface area contributed by atoms with Crippen LogP contribution in [0.3, 0.4) is 0 Å². The molecule has 0 aromatic carbocycles. The van der Waals surface area contributed by atoms with Gasteiger partial charge >= 0.3 is 5.97 Å². The second-order valence-corrected chi connectivity index (χ2v) is 9.76. The van der Waals surface area contributed by atoms with Crippen LogP contribution in [0.15, 0.2) is 34.9 Å². The Hall–Kier alpha value is -1.68. The molecule has 2 fully saturated rings. The third kappa shape index (κ3) is 2.39. The van der Waals surface area contributed by atoms with Crippen LogP contribution in [-0.4, -0.2) is 23.1 Å². The summed E-state index contributed by atoms with van der Waals surface area (Å²) in [6.07, 6.45) is 10.5. The molecule has 4 nitrogen and oxygen atoms in total. The molecular weight excluding hydrogens is 376 g/mol. The molecule has 28 heavy (non-hydrogen) atoms. The Bertz CT molecular complexity index is 868. The lowest BCUT2D eigenvalue weighted by Crippen LogP contribution is -2.58. The topological polar surface area (TPSA) is 60.4 Å². The summed E-state index contributed by atoms with van der Waals surface area (Å²) in [5, 5.41) is 0.638. The maximum Gasteiger partial charge on any atom is 0.303 e. The van der Waals surface area contributed by atoms with Gasteiger partial charge in [0.15, 0.2) is 17.2 Å². The van der Waals surface area contributed by atoms with Crippen molar-refractivity contribution >= 4 is 29.1 Å². The Kier molecular flexibility index (Phi) is 4.32. The van der Waals surface area contributed by atoms with Crippen LogP contribution in [0.2, 0.25) is 0 Å². The summed E-state index contributed by atoms with van der Waals surface area (Å²) in [5.41, 5.74) is -0.841. The number of fused-ring (bicyclic) bond motifs is 5. The van der Waals surface area contributed by atoms with Crippen molar-refractivity contribution in [1.82, 2.24) is 0 Å². The summed E-state index contributed by atoms with van der Waals surface area (Å²) in [7, 11) is 0. The van der Waals surface area contributed by atoms with Gasteiger partial charge in [0.1, 0.15) is 0 Å². The van der Waals surface area contributed by atoms with Crippen molar-refractivity contribution in [2.75, 3.05) is 0 Å². The molecule has 0 heterocycles. The molecular formula is C23H27ClO4.